The Labute approximate surface area is 148 Å². The zero-order valence-electron chi connectivity index (χ0n) is 14.9. The lowest BCUT2D eigenvalue weighted by atomic mass is 10.1. The number of aryl methyl sites for hydroxylation is 1. The van der Waals surface area contributed by atoms with Gasteiger partial charge in [-0.3, -0.25) is 0 Å². The summed E-state index contributed by atoms with van der Waals surface area (Å²) in [7, 11) is 0. The average molecular weight is 341 g/mol. The summed E-state index contributed by atoms with van der Waals surface area (Å²) in [5.74, 6) is 1.39. The zero-order valence-corrected chi connectivity index (χ0v) is 14.9. The number of fused-ring (bicyclic) bond motifs is 1. The molecule has 134 valence electrons. The molecular formula is C19H27N5O. The quantitative estimate of drug-likeness (QED) is 0.928. The molecule has 3 heterocycles. The predicted octanol–water partition coefficient (Wildman–Crippen LogP) is 3.28. The number of imidazole rings is 1. The second-order valence-corrected chi connectivity index (χ2v) is 7.33. The minimum absolute atomic E-state index is 0.102. The Morgan fingerprint density at radius 2 is 2.16 bits per heavy atom. The standard InChI is InChI=1S/C19H27N5O/c1-2-11-24-17(22-16-8-5-10-20-18(16)24)14-9-12-23(13-14)19(25)21-15-6-3-4-7-15/h5,8,10,14-15H,2-4,6-7,9,11-13H2,1H3,(H,21,25). The highest BCUT2D eigenvalue weighted by Crippen LogP contribution is 2.29. The van der Waals surface area contributed by atoms with Crippen LogP contribution >= 0.6 is 0 Å². The first-order chi connectivity index (χ1) is 12.3. The zero-order chi connectivity index (χ0) is 17.2. The molecule has 1 N–H and O–H groups in total. The fourth-order valence-corrected chi connectivity index (χ4v) is 4.22. The van der Waals surface area contributed by atoms with Crippen LogP contribution in [0.1, 0.15) is 57.2 Å². The fourth-order valence-electron chi connectivity index (χ4n) is 4.22. The largest absolute Gasteiger partial charge is 0.335 e. The summed E-state index contributed by atoms with van der Waals surface area (Å²) in [4.78, 5) is 23.9. The summed E-state index contributed by atoms with van der Waals surface area (Å²) < 4.78 is 2.25. The summed E-state index contributed by atoms with van der Waals surface area (Å²) in [5, 5.41) is 3.21. The highest BCUT2D eigenvalue weighted by molar-refractivity contribution is 5.75. The van der Waals surface area contributed by atoms with Crippen molar-refractivity contribution in [1.29, 1.82) is 0 Å². The van der Waals surface area contributed by atoms with E-state index in [1.165, 1.54) is 12.8 Å². The van der Waals surface area contributed by atoms with Crippen molar-refractivity contribution in [3.8, 4) is 0 Å². The Hall–Kier alpha value is -2.11. The molecule has 2 aliphatic rings. The van der Waals surface area contributed by atoms with Gasteiger partial charge in [0.25, 0.3) is 0 Å². The molecule has 0 radical (unpaired) electrons. The van der Waals surface area contributed by atoms with E-state index < -0.39 is 0 Å². The summed E-state index contributed by atoms with van der Waals surface area (Å²) in [5.41, 5.74) is 1.92. The number of amides is 2. The number of aromatic nitrogens is 3. The van der Waals surface area contributed by atoms with Crippen LogP contribution in [0, 0.1) is 0 Å². The minimum atomic E-state index is 0.102. The van der Waals surface area contributed by atoms with Crippen molar-refractivity contribution in [2.45, 2.75) is 64.0 Å². The molecule has 1 aliphatic heterocycles. The van der Waals surface area contributed by atoms with Gasteiger partial charge in [0.1, 0.15) is 11.3 Å². The van der Waals surface area contributed by atoms with Gasteiger partial charge in [0.2, 0.25) is 0 Å². The van der Waals surface area contributed by atoms with Crippen LogP contribution in [-0.2, 0) is 6.54 Å². The van der Waals surface area contributed by atoms with Crippen molar-refractivity contribution >= 4 is 17.2 Å². The smallest absolute Gasteiger partial charge is 0.317 e. The van der Waals surface area contributed by atoms with E-state index in [9.17, 15) is 4.79 Å². The SMILES string of the molecule is CCCn1c(C2CCN(C(=O)NC3CCCC3)C2)nc2cccnc21. The van der Waals surface area contributed by atoms with Crippen LogP contribution in [0.25, 0.3) is 11.2 Å². The van der Waals surface area contributed by atoms with E-state index in [0.717, 1.165) is 62.3 Å². The van der Waals surface area contributed by atoms with E-state index in [0.29, 0.717) is 12.0 Å². The lowest BCUT2D eigenvalue weighted by Gasteiger charge is -2.20. The first kappa shape index (κ1) is 16.4. The molecule has 1 unspecified atom stereocenters. The molecule has 1 saturated carbocycles. The summed E-state index contributed by atoms with van der Waals surface area (Å²) in [6.45, 7) is 4.67. The van der Waals surface area contributed by atoms with Crippen LogP contribution in [0.2, 0.25) is 0 Å². The van der Waals surface area contributed by atoms with Crippen molar-refractivity contribution < 1.29 is 4.79 Å². The Bertz CT molecular complexity index is 749. The van der Waals surface area contributed by atoms with Crippen LogP contribution in [0.5, 0.6) is 0 Å². The maximum absolute atomic E-state index is 12.5. The predicted molar refractivity (Wildman–Crippen MR) is 97.5 cm³/mol. The first-order valence-corrected chi connectivity index (χ1v) is 9.63. The second-order valence-electron chi connectivity index (χ2n) is 7.33. The molecule has 0 spiro atoms. The maximum Gasteiger partial charge on any atom is 0.317 e. The number of hydrogen-bond acceptors (Lipinski definition) is 3. The third-order valence-electron chi connectivity index (χ3n) is 5.50. The lowest BCUT2D eigenvalue weighted by molar-refractivity contribution is 0.204. The Kier molecular flexibility index (Phi) is 4.59. The van der Waals surface area contributed by atoms with E-state index in [-0.39, 0.29) is 6.03 Å². The maximum atomic E-state index is 12.5. The van der Waals surface area contributed by atoms with Gasteiger partial charge in [0.05, 0.1) is 0 Å². The second kappa shape index (κ2) is 7.02. The van der Waals surface area contributed by atoms with Gasteiger partial charge in [0, 0.05) is 37.8 Å². The number of urea groups is 1. The van der Waals surface area contributed by atoms with Crippen LogP contribution < -0.4 is 5.32 Å². The molecule has 2 fully saturated rings. The fraction of sp³-hybridized carbons (Fsp3) is 0.632. The molecule has 2 aromatic rings. The van der Waals surface area contributed by atoms with Gasteiger partial charge in [-0.1, -0.05) is 19.8 Å². The van der Waals surface area contributed by atoms with Gasteiger partial charge in [-0.25, -0.2) is 14.8 Å². The third-order valence-corrected chi connectivity index (χ3v) is 5.50. The number of carbonyl (C=O) groups excluding carboxylic acids is 1. The van der Waals surface area contributed by atoms with Gasteiger partial charge in [-0.15, -0.1) is 0 Å². The Balaban J connectivity index is 1.50. The molecule has 4 rings (SSSR count). The number of likely N-dealkylation sites (tertiary alicyclic amines) is 1. The Morgan fingerprint density at radius 1 is 1.32 bits per heavy atom. The van der Waals surface area contributed by atoms with Crippen LogP contribution in [-0.4, -0.2) is 44.6 Å². The molecule has 2 aromatic heterocycles. The van der Waals surface area contributed by atoms with Gasteiger partial charge in [0.15, 0.2) is 5.65 Å². The van der Waals surface area contributed by atoms with Crippen molar-refractivity contribution in [3.63, 3.8) is 0 Å². The Morgan fingerprint density at radius 3 is 2.96 bits per heavy atom. The highest BCUT2D eigenvalue weighted by atomic mass is 16.2. The van der Waals surface area contributed by atoms with Crippen LogP contribution in [0.4, 0.5) is 4.79 Å². The van der Waals surface area contributed by atoms with Gasteiger partial charge in [-0.2, -0.15) is 0 Å². The summed E-state index contributed by atoms with van der Waals surface area (Å²) in [6, 6.07) is 4.44. The van der Waals surface area contributed by atoms with Crippen molar-refractivity contribution in [2.75, 3.05) is 13.1 Å². The summed E-state index contributed by atoms with van der Waals surface area (Å²) >= 11 is 0. The van der Waals surface area contributed by atoms with Crippen molar-refractivity contribution in [3.05, 3.63) is 24.2 Å². The number of hydrogen-bond donors (Lipinski definition) is 1. The molecular weight excluding hydrogens is 314 g/mol. The molecule has 2 amide bonds. The molecule has 25 heavy (non-hydrogen) atoms. The molecule has 1 saturated heterocycles. The van der Waals surface area contributed by atoms with E-state index in [1.807, 2.05) is 23.2 Å². The van der Waals surface area contributed by atoms with Crippen molar-refractivity contribution in [2.24, 2.45) is 0 Å². The summed E-state index contributed by atoms with van der Waals surface area (Å²) in [6.07, 6.45) is 8.58. The minimum Gasteiger partial charge on any atom is -0.335 e. The van der Waals surface area contributed by atoms with E-state index in [2.05, 4.69) is 21.8 Å². The number of nitrogens with one attached hydrogen (secondary N) is 1. The van der Waals surface area contributed by atoms with Gasteiger partial charge in [-0.05, 0) is 37.8 Å². The lowest BCUT2D eigenvalue weighted by Crippen LogP contribution is -2.42. The van der Waals surface area contributed by atoms with E-state index in [4.69, 9.17) is 4.98 Å². The number of carbonyl (C=O) groups is 1. The highest BCUT2D eigenvalue weighted by Gasteiger charge is 2.32. The van der Waals surface area contributed by atoms with E-state index in [1.54, 1.807) is 0 Å². The van der Waals surface area contributed by atoms with Crippen molar-refractivity contribution in [1.82, 2.24) is 24.8 Å². The molecule has 6 nitrogen and oxygen atoms in total. The van der Waals surface area contributed by atoms with Gasteiger partial charge >= 0.3 is 6.03 Å². The molecule has 0 bridgehead atoms. The van der Waals surface area contributed by atoms with Crippen LogP contribution in [0.3, 0.4) is 0 Å². The van der Waals surface area contributed by atoms with Gasteiger partial charge < -0.3 is 14.8 Å². The molecule has 1 atom stereocenters. The first-order valence-electron chi connectivity index (χ1n) is 9.63. The third kappa shape index (κ3) is 3.22. The molecule has 0 aromatic carbocycles. The van der Waals surface area contributed by atoms with E-state index >= 15 is 0 Å². The average Bonchev–Trinajstić information content (AvgIpc) is 3.34. The van der Waals surface area contributed by atoms with Crippen LogP contribution in [0.15, 0.2) is 18.3 Å². The molecule has 1 aliphatic carbocycles. The topological polar surface area (TPSA) is 63.1 Å². The monoisotopic (exact) mass is 341 g/mol. The number of nitrogens with zero attached hydrogens (tertiary/aromatic N) is 4. The number of rotatable bonds is 4. The molecule has 6 heteroatoms. The normalized spacial score (nSPS) is 21.3. The number of pyridine rings is 1.